The number of anilines is 1. The number of urea groups is 1. The van der Waals surface area contributed by atoms with Gasteiger partial charge in [0.15, 0.2) is 0 Å². The Morgan fingerprint density at radius 3 is 2.71 bits per heavy atom. The summed E-state index contributed by atoms with van der Waals surface area (Å²) in [6, 6.07) is 11.2. The molecule has 0 radical (unpaired) electrons. The maximum absolute atomic E-state index is 11.9. The second kappa shape index (κ2) is 7.28. The van der Waals surface area contributed by atoms with Gasteiger partial charge >= 0.3 is 6.03 Å². The van der Waals surface area contributed by atoms with Crippen LogP contribution in [0.25, 0.3) is 0 Å². The Morgan fingerprint density at radius 2 is 2.05 bits per heavy atom. The molecular weight excluding hydrogens is 266 g/mol. The van der Waals surface area contributed by atoms with E-state index in [0.717, 1.165) is 5.75 Å². The summed E-state index contributed by atoms with van der Waals surface area (Å²) in [6.45, 7) is 2.97. The second-order valence-corrected chi connectivity index (χ2v) is 4.75. The Morgan fingerprint density at radius 1 is 1.29 bits per heavy atom. The van der Waals surface area contributed by atoms with Crippen LogP contribution in [0.3, 0.4) is 0 Å². The Balaban J connectivity index is 1.75. The van der Waals surface area contributed by atoms with E-state index in [1.54, 1.807) is 36.5 Å². The molecule has 1 aromatic heterocycles. The van der Waals surface area contributed by atoms with Gasteiger partial charge in [0, 0.05) is 13.2 Å². The lowest BCUT2D eigenvalue weighted by Crippen LogP contribution is -2.34. The highest BCUT2D eigenvalue weighted by molar-refractivity contribution is 5.88. The summed E-state index contributed by atoms with van der Waals surface area (Å²) in [4.78, 5) is 17.4. The molecule has 2 amide bonds. The van der Waals surface area contributed by atoms with Crippen molar-refractivity contribution in [2.45, 2.75) is 6.92 Å². The van der Waals surface area contributed by atoms with Crippen molar-refractivity contribution in [3.8, 4) is 5.75 Å². The van der Waals surface area contributed by atoms with Gasteiger partial charge in [-0.2, -0.15) is 0 Å². The molecule has 5 nitrogen and oxygen atoms in total. The number of ether oxygens (including phenoxy) is 1. The minimum atomic E-state index is -0.185. The van der Waals surface area contributed by atoms with E-state index in [4.69, 9.17) is 4.74 Å². The number of benzene rings is 1. The van der Waals surface area contributed by atoms with Crippen molar-refractivity contribution in [3.63, 3.8) is 0 Å². The molecule has 110 valence electrons. The molecule has 1 aromatic carbocycles. The first-order valence-corrected chi connectivity index (χ1v) is 6.77. The monoisotopic (exact) mass is 285 g/mol. The average molecular weight is 285 g/mol. The second-order valence-electron chi connectivity index (χ2n) is 4.75. The van der Waals surface area contributed by atoms with Crippen LogP contribution in [0.5, 0.6) is 5.75 Å². The zero-order valence-corrected chi connectivity index (χ0v) is 12.2. The van der Waals surface area contributed by atoms with Crippen molar-refractivity contribution in [2.24, 2.45) is 0 Å². The summed E-state index contributed by atoms with van der Waals surface area (Å²) < 4.78 is 5.60. The molecule has 2 aromatic rings. The van der Waals surface area contributed by atoms with E-state index in [9.17, 15) is 4.79 Å². The SMILES string of the molecule is Cc1ccc(OCCN(C)C(=O)Nc2cccnc2)cc1. The summed E-state index contributed by atoms with van der Waals surface area (Å²) >= 11 is 0. The molecule has 0 aliphatic heterocycles. The third-order valence-electron chi connectivity index (χ3n) is 2.98. The number of hydrogen-bond acceptors (Lipinski definition) is 3. The third-order valence-corrected chi connectivity index (χ3v) is 2.98. The van der Waals surface area contributed by atoms with Crippen LogP contribution in [-0.2, 0) is 0 Å². The average Bonchev–Trinajstić information content (AvgIpc) is 2.50. The lowest BCUT2D eigenvalue weighted by molar-refractivity contribution is 0.207. The quantitative estimate of drug-likeness (QED) is 0.919. The minimum absolute atomic E-state index is 0.185. The number of hydrogen-bond donors (Lipinski definition) is 1. The Kier molecular flexibility index (Phi) is 5.15. The first kappa shape index (κ1) is 14.8. The molecule has 0 fully saturated rings. The number of pyridine rings is 1. The van der Waals surface area contributed by atoms with Crippen LogP contribution in [0.1, 0.15) is 5.56 Å². The molecule has 2 rings (SSSR count). The number of carbonyl (C=O) groups excluding carboxylic acids is 1. The molecule has 1 N–H and O–H groups in total. The predicted molar refractivity (Wildman–Crippen MR) is 82.6 cm³/mol. The van der Waals surface area contributed by atoms with E-state index in [0.29, 0.717) is 18.8 Å². The molecule has 1 heterocycles. The molecule has 0 aliphatic carbocycles. The fourth-order valence-corrected chi connectivity index (χ4v) is 1.69. The number of rotatable bonds is 5. The minimum Gasteiger partial charge on any atom is -0.492 e. The Labute approximate surface area is 124 Å². The molecular formula is C16H19N3O2. The van der Waals surface area contributed by atoms with Gasteiger partial charge in [0.2, 0.25) is 0 Å². The predicted octanol–water partition coefficient (Wildman–Crippen LogP) is 2.93. The van der Waals surface area contributed by atoms with Crippen LogP contribution in [0.15, 0.2) is 48.8 Å². The fourth-order valence-electron chi connectivity index (χ4n) is 1.69. The highest BCUT2D eigenvalue weighted by atomic mass is 16.5. The van der Waals surface area contributed by atoms with Crippen LogP contribution in [0, 0.1) is 6.92 Å². The van der Waals surface area contributed by atoms with E-state index in [2.05, 4.69) is 10.3 Å². The highest BCUT2D eigenvalue weighted by Crippen LogP contribution is 2.11. The molecule has 0 aliphatic rings. The van der Waals surface area contributed by atoms with E-state index < -0.39 is 0 Å². The zero-order valence-electron chi connectivity index (χ0n) is 12.2. The molecule has 0 atom stereocenters. The molecule has 0 spiro atoms. The van der Waals surface area contributed by atoms with E-state index in [1.807, 2.05) is 31.2 Å². The van der Waals surface area contributed by atoms with E-state index >= 15 is 0 Å². The molecule has 21 heavy (non-hydrogen) atoms. The van der Waals surface area contributed by atoms with Gasteiger partial charge in [-0.1, -0.05) is 17.7 Å². The van der Waals surface area contributed by atoms with Crippen molar-refractivity contribution < 1.29 is 9.53 Å². The van der Waals surface area contributed by atoms with Crippen LogP contribution < -0.4 is 10.1 Å². The first-order valence-electron chi connectivity index (χ1n) is 6.77. The molecule has 0 unspecified atom stereocenters. The number of carbonyl (C=O) groups is 1. The maximum atomic E-state index is 11.9. The van der Waals surface area contributed by atoms with Gasteiger partial charge in [0.05, 0.1) is 18.4 Å². The van der Waals surface area contributed by atoms with Gasteiger partial charge in [-0.15, -0.1) is 0 Å². The van der Waals surface area contributed by atoms with Crippen molar-refractivity contribution in [1.29, 1.82) is 0 Å². The standard InChI is InChI=1S/C16H19N3O2/c1-13-5-7-15(8-6-13)21-11-10-19(2)16(20)18-14-4-3-9-17-12-14/h3-9,12H,10-11H2,1-2H3,(H,18,20). The molecule has 5 heteroatoms. The van der Waals surface area contributed by atoms with Crippen LogP contribution in [-0.4, -0.2) is 36.1 Å². The number of aromatic nitrogens is 1. The van der Waals surface area contributed by atoms with Crippen LogP contribution >= 0.6 is 0 Å². The lowest BCUT2D eigenvalue weighted by atomic mass is 10.2. The van der Waals surface area contributed by atoms with Crippen molar-refractivity contribution in [3.05, 3.63) is 54.4 Å². The topological polar surface area (TPSA) is 54.5 Å². The fraction of sp³-hybridized carbons (Fsp3) is 0.250. The summed E-state index contributed by atoms with van der Waals surface area (Å²) in [5, 5.41) is 2.77. The third kappa shape index (κ3) is 4.80. The van der Waals surface area contributed by atoms with Gasteiger partial charge < -0.3 is 15.0 Å². The maximum Gasteiger partial charge on any atom is 0.321 e. The molecule has 0 saturated carbocycles. The number of aryl methyl sites for hydroxylation is 1. The summed E-state index contributed by atoms with van der Waals surface area (Å²) in [5.74, 6) is 0.807. The van der Waals surface area contributed by atoms with Gasteiger partial charge in [-0.05, 0) is 31.2 Å². The number of nitrogens with zero attached hydrogens (tertiary/aromatic N) is 2. The van der Waals surface area contributed by atoms with E-state index in [1.165, 1.54) is 5.56 Å². The van der Waals surface area contributed by atoms with Gasteiger partial charge in [-0.3, -0.25) is 4.98 Å². The summed E-state index contributed by atoms with van der Waals surface area (Å²) in [5.41, 5.74) is 1.86. The number of amides is 2. The zero-order chi connectivity index (χ0) is 15.1. The smallest absolute Gasteiger partial charge is 0.321 e. The van der Waals surface area contributed by atoms with Gasteiger partial charge in [0.25, 0.3) is 0 Å². The number of likely N-dealkylation sites (N-methyl/N-ethyl adjacent to an activating group) is 1. The van der Waals surface area contributed by atoms with Gasteiger partial charge in [-0.25, -0.2) is 4.79 Å². The summed E-state index contributed by atoms with van der Waals surface area (Å²) in [7, 11) is 1.73. The van der Waals surface area contributed by atoms with E-state index in [-0.39, 0.29) is 6.03 Å². The Bertz CT molecular complexity index is 570. The molecule has 0 bridgehead atoms. The summed E-state index contributed by atoms with van der Waals surface area (Å²) in [6.07, 6.45) is 3.27. The largest absolute Gasteiger partial charge is 0.492 e. The van der Waals surface area contributed by atoms with Crippen molar-refractivity contribution in [1.82, 2.24) is 9.88 Å². The van der Waals surface area contributed by atoms with Crippen molar-refractivity contribution >= 4 is 11.7 Å². The van der Waals surface area contributed by atoms with Crippen molar-refractivity contribution in [2.75, 3.05) is 25.5 Å². The Hall–Kier alpha value is -2.56. The van der Waals surface area contributed by atoms with Crippen LogP contribution in [0.2, 0.25) is 0 Å². The van der Waals surface area contributed by atoms with Gasteiger partial charge in [0.1, 0.15) is 12.4 Å². The first-order chi connectivity index (χ1) is 10.1. The van der Waals surface area contributed by atoms with Crippen LogP contribution in [0.4, 0.5) is 10.5 Å². The normalized spacial score (nSPS) is 10.0. The highest BCUT2D eigenvalue weighted by Gasteiger charge is 2.08. The lowest BCUT2D eigenvalue weighted by Gasteiger charge is -2.18. The number of nitrogens with one attached hydrogen (secondary N) is 1. The molecule has 0 saturated heterocycles.